The molecular formula is C23H30ClNO. The van der Waals surface area contributed by atoms with Gasteiger partial charge in [-0.15, -0.1) is 0 Å². The van der Waals surface area contributed by atoms with Gasteiger partial charge in [-0.25, -0.2) is 0 Å². The molecule has 1 saturated heterocycles. The van der Waals surface area contributed by atoms with Crippen molar-refractivity contribution in [2.24, 2.45) is 0 Å². The maximum absolute atomic E-state index is 6.15. The molecule has 2 atom stereocenters. The molecule has 1 fully saturated rings. The van der Waals surface area contributed by atoms with E-state index in [1.807, 2.05) is 12.1 Å². The quantitative estimate of drug-likeness (QED) is 0.627. The molecule has 0 spiro atoms. The van der Waals surface area contributed by atoms with Gasteiger partial charge in [0.05, 0.1) is 5.60 Å². The van der Waals surface area contributed by atoms with Gasteiger partial charge in [-0.05, 0) is 62.4 Å². The van der Waals surface area contributed by atoms with Crippen molar-refractivity contribution in [3.63, 3.8) is 0 Å². The second-order valence-corrected chi connectivity index (χ2v) is 8.21. The zero-order valence-electron chi connectivity index (χ0n) is 15.9. The van der Waals surface area contributed by atoms with Crippen LogP contribution in [-0.2, 0) is 16.7 Å². The van der Waals surface area contributed by atoms with Gasteiger partial charge in [0.25, 0.3) is 0 Å². The lowest BCUT2D eigenvalue weighted by Crippen LogP contribution is -2.46. The lowest BCUT2D eigenvalue weighted by atomic mass is 9.66. The smallest absolute Gasteiger partial charge is 0.0660 e. The van der Waals surface area contributed by atoms with E-state index in [4.69, 9.17) is 16.3 Å². The fraction of sp³-hybridized carbons (Fsp3) is 0.478. The first-order valence-corrected chi connectivity index (χ1v) is 10.1. The number of halogens is 1. The molecular weight excluding hydrogens is 342 g/mol. The first-order valence-electron chi connectivity index (χ1n) is 9.70. The fourth-order valence-electron chi connectivity index (χ4n) is 4.13. The third kappa shape index (κ3) is 4.68. The van der Waals surface area contributed by atoms with Gasteiger partial charge in [0.1, 0.15) is 0 Å². The van der Waals surface area contributed by atoms with Crippen molar-refractivity contribution >= 4 is 11.6 Å². The Morgan fingerprint density at radius 1 is 1.08 bits per heavy atom. The molecule has 2 aromatic carbocycles. The van der Waals surface area contributed by atoms with Crippen LogP contribution >= 0.6 is 11.6 Å². The molecule has 1 aliphatic rings. The Morgan fingerprint density at radius 3 is 2.50 bits per heavy atom. The lowest BCUT2D eigenvalue weighted by molar-refractivity contribution is -0.0979. The number of rotatable bonds is 7. The zero-order chi connectivity index (χ0) is 18.5. The SMILES string of the molecule is CC[C@]1(C)C[C@@](CCNCc2ccc(Cl)cc2)(c2ccccc2)CCO1. The van der Waals surface area contributed by atoms with E-state index in [0.717, 1.165) is 50.4 Å². The molecule has 0 aliphatic carbocycles. The Hall–Kier alpha value is -1.35. The van der Waals surface area contributed by atoms with Crippen molar-refractivity contribution < 1.29 is 4.74 Å². The highest BCUT2D eigenvalue weighted by molar-refractivity contribution is 6.30. The van der Waals surface area contributed by atoms with Crippen molar-refractivity contribution in [2.45, 2.75) is 57.1 Å². The monoisotopic (exact) mass is 371 g/mol. The van der Waals surface area contributed by atoms with E-state index in [2.05, 4.69) is 61.6 Å². The number of hydrogen-bond donors (Lipinski definition) is 1. The summed E-state index contributed by atoms with van der Waals surface area (Å²) in [6.45, 7) is 7.22. The van der Waals surface area contributed by atoms with E-state index in [9.17, 15) is 0 Å². The van der Waals surface area contributed by atoms with Crippen molar-refractivity contribution in [3.05, 3.63) is 70.7 Å². The number of ether oxygens (including phenoxy) is 1. The highest BCUT2D eigenvalue weighted by Crippen LogP contribution is 2.45. The molecule has 0 bridgehead atoms. The van der Waals surface area contributed by atoms with Crippen LogP contribution in [0.25, 0.3) is 0 Å². The van der Waals surface area contributed by atoms with Crippen LogP contribution in [0.2, 0.25) is 5.02 Å². The second-order valence-electron chi connectivity index (χ2n) is 7.78. The van der Waals surface area contributed by atoms with E-state index < -0.39 is 0 Å². The van der Waals surface area contributed by atoms with Crippen LogP contribution in [0.4, 0.5) is 0 Å². The molecule has 26 heavy (non-hydrogen) atoms. The molecule has 2 aromatic rings. The van der Waals surface area contributed by atoms with Gasteiger partial charge in [-0.2, -0.15) is 0 Å². The second kappa shape index (κ2) is 8.56. The van der Waals surface area contributed by atoms with Crippen LogP contribution in [0.1, 0.15) is 50.7 Å². The first kappa shape index (κ1) is 19.4. The van der Waals surface area contributed by atoms with Crippen molar-refractivity contribution in [1.82, 2.24) is 5.32 Å². The predicted molar refractivity (Wildman–Crippen MR) is 110 cm³/mol. The van der Waals surface area contributed by atoms with Gasteiger partial charge >= 0.3 is 0 Å². The van der Waals surface area contributed by atoms with Crippen LogP contribution in [0.15, 0.2) is 54.6 Å². The Bertz CT molecular complexity index is 687. The summed E-state index contributed by atoms with van der Waals surface area (Å²) < 4.78 is 6.15. The van der Waals surface area contributed by atoms with Gasteiger partial charge in [0.2, 0.25) is 0 Å². The predicted octanol–water partition coefficient (Wildman–Crippen LogP) is 5.74. The molecule has 2 nitrogen and oxygen atoms in total. The normalized spacial score (nSPS) is 26.0. The zero-order valence-corrected chi connectivity index (χ0v) is 16.7. The van der Waals surface area contributed by atoms with Crippen molar-refractivity contribution in [2.75, 3.05) is 13.2 Å². The standard InChI is InChI=1S/C23H30ClNO/c1-3-22(2)18-23(14-16-26-22,20-7-5-4-6-8-20)13-15-25-17-19-9-11-21(24)12-10-19/h4-12,25H,3,13-18H2,1-2H3/t22-,23+/m1/s1. The first-order chi connectivity index (χ1) is 12.6. The molecule has 1 heterocycles. The summed E-state index contributed by atoms with van der Waals surface area (Å²) in [5.74, 6) is 0. The summed E-state index contributed by atoms with van der Waals surface area (Å²) in [4.78, 5) is 0. The fourth-order valence-corrected chi connectivity index (χ4v) is 4.26. The lowest BCUT2D eigenvalue weighted by Gasteiger charge is -2.47. The van der Waals surface area contributed by atoms with Gasteiger partial charge in [0.15, 0.2) is 0 Å². The van der Waals surface area contributed by atoms with E-state index >= 15 is 0 Å². The molecule has 0 amide bonds. The topological polar surface area (TPSA) is 21.3 Å². The summed E-state index contributed by atoms with van der Waals surface area (Å²) >= 11 is 5.97. The highest BCUT2D eigenvalue weighted by atomic mass is 35.5. The Kier molecular flexibility index (Phi) is 6.39. The minimum Gasteiger partial charge on any atom is -0.375 e. The minimum absolute atomic E-state index is 0.0235. The van der Waals surface area contributed by atoms with Crippen molar-refractivity contribution in [3.8, 4) is 0 Å². The largest absolute Gasteiger partial charge is 0.375 e. The van der Waals surface area contributed by atoms with E-state index in [1.165, 1.54) is 11.1 Å². The Balaban J connectivity index is 1.67. The number of benzene rings is 2. The summed E-state index contributed by atoms with van der Waals surface area (Å²) in [5, 5.41) is 4.41. The third-order valence-corrected chi connectivity index (χ3v) is 6.15. The van der Waals surface area contributed by atoms with Crippen LogP contribution in [0.5, 0.6) is 0 Å². The Morgan fingerprint density at radius 2 is 1.81 bits per heavy atom. The molecule has 3 rings (SSSR count). The van der Waals surface area contributed by atoms with Gasteiger partial charge in [0, 0.05) is 23.6 Å². The van der Waals surface area contributed by atoms with Gasteiger partial charge < -0.3 is 10.1 Å². The minimum atomic E-state index is -0.0235. The highest BCUT2D eigenvalue weighted by Gasteiger charge is 2.42. The summed E-state index contributed by atoms with van der Waals surface area (Å²) in [6, 6.07) is 19.1. The van der Waals surface area contributed by atoms with Gasteiger partial charge in [-0.1, -0.05) is 61.0 Å². The maximum Gasteiger partial charge on any atom is 0.0660 e. The third-order valence-electron chi connectivity index (χ3n) is 5.90. The van der Waals surface area contributed by atoms with Crippen LogP contribution < -0.4 is 5.32 Å². The summed E-state index contributed by atoms with van der Waals surface area (Å²) in [7, 11) is 0. The number of hydrogen-bond acceptors (Lipinski definition) is 2. The molecule has 0 saturated carbocycles. The number of nitrogens with one attached hydrogen (secondary N) is 1. The summed E-state index contributed by atoms with van der Waals surface area (Å²) in [5.41, 5.74) is 2.89. The molecule has 0 aromatic heterocycles. The average molecular weight is 372 g/mol. The molecule has 3 heteroatoms. The van der Waals surface area contributed by atoms with E-state index in [0.29, 0.717) is 0 Å². The molecule has 0 radical (unpaired) electrons. The molecule has 1 N–H and O–H groups in total. The molecule has 1 aliphatic heterocycles. The average Bonchev–Trinajstić information content (AvgIpc) is 2.67. The van der Waals surface area contributed by atoms with Crippen molar-refractivity contribution in [1.29, 1.82) is 0 Å². The van der Waals surface area contributed by atoms with E-state index in [-0.39, 0.29) is 11.0 Å². The van der Waals surface area contributed by atoms with E-state index in [1.54, 1.807) is 0 Å². The summed E-state index contributed by atoms with van der Waals surface area (Å²) in [6.07, 6.45) is 4.36. The van der Waals surface area contributed by atoms with Crippen LogP contribution in [0.3, 0.4) is 0 Å². The maximum atomic E-state index is 6.15. The molecule has 140 valence electrons. The molecule has 0 unspecified atom stereocenters. The van der Waals surface area contributed by atoms with Gasteiger partial charge in [-0.3, -0.25) is 0 Å². The van der Waals surface area contributed by atoms with Crippen LogP contribution in [0, 0.1) is 0 Å². The Labute approximate surface area is 162 Å². The van der Waals surface area contributed by atoms with Crippen LogP contribution in [-0.4, -0.2) is 18.8 Å².